The summed E-state index contributed by atoms with van der Waals surface area (Å²) in [6, 6.07) is 25.6. The maximum atomic E-state index is 12.1. The Kier molecular flexibility index (Phi) is 6.63. The summed E-state index contributed by atoms with van der Waals surface area (Å²) in [5.41, 5.74) is 6.15. The molecule has 0 radical (unpaired) electrons. The average molecular weight is 469 g/mol. The van der Waals surface area contributed by atoms with Gasteiger partial charge in [0.05, 0.1) is 6.10 Å². The Hall–Kier alpha value is -4.30. The van der Waals surface area contributed by atoms with Crippen LogP contribution in [0.5, 0.6) is 0 Å². The number of carbonyl (C=O) groups excluding carboxylic acids is 1. The number of H-pyrrole nitrogens is 1. The monoisotopic (exact) mass is 468 g/mol. The van der Waals surface area contributed by atoms with Gasteiger partial charge in [0.2, 0.25) is 0 Å². The molecule has 1 aliphatic heterocycles. The average Bonchev–Trinajstić information content (AvgIpc) is 3.43. The van der Waals surface area contributed by atoms with Crippen LogP contribution in [-0.2, 0) is 0 Å². The SMILES string of the molecule is O=C(Nc1ccc(Nc2ccc(Nc3ccc(N4CCC(O)CC4)cc3)cc2)cc1)c1cc[nH]n1. The molecule has 0 saturated carbocycles. The maximum absolute atomic E-state index is 12.1. The molecule has 1 fully saturated rings. The van der Waals surface area contributed by atoms with Crippen LogP contribution >= 0.6 is 0 Å². The number of aliphatic hydroxyl groups excluding tert-OH is 1. The highest BCUT2D eigenvalue weighted by Gasteiger charge is 2.17. The molecule has 4 aromatic rings. The van der Waals surface area contributed by atoms with Crippen LogP contribution in [0.3, 0.4) is 0 Å². The smallest absolute Gasteiger partial charge is 0.276 e. The van der Waals surface area contributed by atoms with E-state index in [1.165, 1.54) is 5.69 Å². The number of piperidine rings is 1. The van der Waals surface area contributed by atoms with Gasteiger partial charge in [0, 0.05) is 53.4 Å². The third-order valence-corrected chi connectivity index (χ3v) is 6.04. The van der Waals surface area contributed by atoms with Gasteiger partial charge in [0.25, 0.3) is 5.91 Å². The van der Waals surface area contributed by atoms with Crippen molar-refractivity contribution in [1.29, 1.82) is 0 Å². The fraction of sp³-hybridized carbons (Fsp3) is 0.185. The van der Waals surface area contributed by atoms with Crippen molar-refractivity contribution in [2.24, 2.45) is 0 Å². The van der Waals surface area contributed by atoms with Crippen LogP contribution in [0, 0.1) is 0 Å². The number of carbonyl (C=O) groups is 1. The second kappa shape index (κ2) is 10.3. The number of anilines is 6. The Morgan fingerprint density at radius 3 is 1.74 bits per heavy atom. The van der Waals surface area contributed by atoms with Crippen molar-refractivity contribution in [2.75, 3.05) is 33.9 Å². The quantitative estimate of drug-likeness (QED) is 0.258. The van der Waals surface area contributed by atoms with E-state index in [0.717, 1.165) is 48.7 Å². The van der Waals surface area contributed by atoms with Gasteiger partial charge in [-0.3, -0.25) is 9.89 Å². The standard InChI is InChI=1S/C27H28N6O2/c34-25-14-17-33(18-15-25)24-11-9-22(10-12-24)30-20-3-1-19(2-4-20)29-21-5-7-23(8-6-21)31-27(35)26-13-16-28-32-26/h1-13,16,25,29-30,34H,14-15,17-18H2,(H,28,32)(H,31,35). The molecular formula is C27H28N6O2. The molecule has 0 atom stereocenters. The van der Waals surface area contributed by atoms with Gasteiger partial charge in [-0.25, -0.2) is 0 Å². The van der Waals surface area contributed by atoms with Gasteiger partial charge in [-0.15, -0.1) is 0 Å². The summed E-state index contributed by atoms with van der Waals surface area (Å²) < 4.78 is 0. The van der Waals surface area contributed by atoms with Crippen LogP contribution in [0.1, 0.15) is 23.3 Å². The Labute approximate surface area is 204 Å². The summed E-state index contributed by atoms with van der Waals surface area (Å²) in [7, 11) is 0. The van der Waals surface area contributed by atoms with Crippen LogP contribution in [-0.4, -0.2) is 40.4 Å². The Bertz CT molecular complexity index is 1230. The first-order valence-electron chi connectivity index (χ1n) is 11.7. The van der Waals surface area contributed by atoms with Crippen molar-refractivity contribution < 1.29 is 9.90 Å². The second-order valence-electron chi connectivity index (χ2n) is 8.58. The van der Waals surface area contributed by atoms with E-state index < -0.39 is 0 Å². The molecule has 1 amide bonds. The second-order valence-corrected chi connectivity index (χ2v) is 8.58. The number of hydrogen-bond acceptors (Lipinski definition) is 6. The Morgan fingerprint density at radius 2 is 1.26 bits per heavy atom. The number of amides is 1. The highest BCUT2D eigenvalue weighted by Crippen LogP contribution is 2.25. The molecule has 3 aromatic carbocycles. The fourth-order valence-electron chi connectivity index (χ4n) is 4.07. The number of hydrogen-bond donors (Lipinski definition) is 5. The van der Waals surface area contributed by atoms with Crippen LogP contribution in [0.15, 0.2) is 85.1 Å². The zero-order valence-electron chi connectivity index (χ0n) is 19.2. The first-order valence-corrected chi connectivity index (χ1v) is 11.7. The summed E-state index contributed by atoms with van der Waals surface area (Å²) in [4.78, 5) is 14.4. The number of nitrogens with one attached hydrogen (secondary N) is 4. The molecule has 0 spiro atoms. The summed E-state index contributed by atoms with van der Waals surface area (Å²) in [5, 5.41) is 25.8. The molecule has 8 heteroatoms. The molecule has 5 rings (SSSR count). The number of aromatic amines is 1. The number of nitrogens with zero attached hydrogens (tertiary/aromatic N) is 2. The predicted octanol–water partition coefficient (Wildman–Crippen LogP) is 5.11. The van der Waals surface area contributed by atoms with E-state index in [2.05, 4.69) is 55.3 Å². The molecule has 2 heterocycles. The molecule has 0 unspecified atom stereocenters. The van der Waals surface area contributed by atoms with Gasteiger partial charge >= 0.3 is 0 Å². The minimum absolute atomic E-state index is 0.162. The first-order chi connectivity index (χ1) is 17.1. The maximum Gasteiger partial charge on any atom is 0.276 e. The van der Waals surface area contributed by atoms with E-state index in [1.807, 2.05) is 48.5 Å². The minimum atomic E-state index is -0.254. The number of rotatable bonds is 7. The van der Waals surface area contributed by atoms with Crippen LogP contribution in [0.25, 0.3) is 0 Å². The molecule has 0 aliphatic carbocycles. The molecule has 8 nitrogen and oxygen atoms in total. The topological polar surface area (TPSA) is 105 Å². The van der Waals surface area contributed by atoms with Crippen LogP contribution in [0.4, 0.5) is 34.1 Å². The minimum Gasteiger partial charge on any atom is -0.393 e. The lowest BCUT2D eigenvalue weighted by atomic mass is 10.1. The summed E-state index contributed by atoms with van der Waals surface area (Å²) in [5.74, 6) is -0.254. The third kappa shape index (κ3) is 5.80. The van der Waals surface area contributed by atoms with Gasteiger partial charge in [-0.1, -0.05) is 0 Å². The van der Waals surface area contributed by atoms with Gasteiger partial charge < -0.3 is 26.0 Å². The zero-order valence-corrected chi connectivity index (χ0v) is 19.2. The molecular weight excluding hydrogens is 440 g/mol. The Morgan fingerprint density at radius 1 is 0.771 bits per heavy atom. The lowest BCUT2D eigenvalue weighted by Gasteiger charge is -2.31. The first kappa shape index (κ1) is 22.5. The van der Waals surface area contributed by atoms with E-state index in [9.17, 15) is 9.90 Å². The predicted molar refractivity (Wildman–Crippen MR) is 140 cm³/mol. The lowest BCUT2D eigenvalue weighted by molar-refractivity contribution is 0.102. The summed E-state index contributed by atoms with van der Waals surface area (Å²) in [6.45, 7) is 1.79. The van der Waals surface area contributed by atoms with Gasteiger partial charge in [0.15, 0.2) is 0 Å². The van der Waals surface area contributed by atoms with Gasteiger partial charge in [-0.05, 0) is 91.7 Å². The van der Waals surface area contributed by atoms with Gasteiger partial charge in [0.1, 0.15) is 5.69 Å². The van der Waals surface area contributed by atoms with Gasteiger partial charge in [-0.2, -0.15) is 5.10 Å². The van der Waals surface area contributed by atoms with Crippen molar-refractivity contribution in [3.05, 3.63) is 90.8 Å². The highest BCUT2D eigenvalue weighted by atomic mass is 16.3. The molecule has 0 bridgehead atoms. The molecule has 5 N–H and O–H groups in total. The van der Waals surface area contributed by atoms with E-state index in [1.54, 1.807) is 12.3 Å². The van der Waals surface area contributed by atoms with Crippen LogP contribution < -0.4 is 20.9 Å². The van der Waals surface area contributed by atoms with Crippen LogP contribution in [0.2, 0.25) is 0 Å². The molecule has 1 aliphatic rings. The van der Waals surface area contributed by atoms with E-state index in [0.29, 0.717) is 11.4 Å². The Balaban J connectivity index is 1.14. The van der Waals surface area contributed by atoms with Crippen molar-refractivity contribution >= 4 is 40.0 Å². The van der Waals surface area contributed by atoms with Crippen molar-refractivity contribution in [1.82, 2.24) is 10.2 Å². The molecule has 1 saturated heterocycles. The fourth-order valence-corrected chi connectivity index (χ4v) is 4.07. The molecule has 35 heavy (non-hydrogen) atoms. The zero-order chi connectivity index (χ0) is 24.0. The van der Waals surface area contributed by atoms with E-state index in [4.69, 9.17) is 0 Å². The van der Waals surface area contributed by atoms with E-state index >= 15 is 0 Å². The molecule has 178 valence electrons. The van der Waals surface area contributed by atoms with E-state index in [-0.39, 0.29) is 12.0 Å². The van der Waals surface area contributed by atoms with Crippen molar-refractivity contribution in [2.45, 2.75) is 18.9 Å². The van der Waals surface area contributed by atoms with Crippen molar-refractivity contribution in [3.8, 4) is 0 Å². The van der Waals surface area contributed by atoms with Crippen molar-refractivity contribution in [3.63, 3.8) is 0 Å². The lowest BCUT2D eigenvalue weighted by Crippen LogP contribution is -2.35. The number of benzene rings is 3. The summed E-state index contributed by atoms with van der Waals surface area (Å²) >= 11 is 0. The number of aliphatic hydroxyl groups is 1. The number of aromatic nitrogens is 2. The third-order valence-electron chi connectivity index (χ3n) is 6.04. The highest BCUT2D eigenvalue weighted by molar-refractivity contribution is 6.02. The molecule has 1 aromatic heterocycles. The summed E-state index contributed by atoms with van der Waals surface area (Å²) in [6.07, 6.45) is 3.10. The normalized spacial score (nSPS) is 13.9. The largest absolute Gasteiger partial charge is 0.393 e.